The Morgan fingerprint density at radius 2 is 1.87 bits per heavy atom. The minimum Gasteiger partial charge on any atom is -0.497 e. The number of methoxy groups -OCH3 is 1. The largest absolute Gasteiger partial charge is 0.497 e. The number of aromatic nitrogens is 2. The highest BCUT2D eigenvalue weighted by Gasteiger charge is 2.44. The molecule has 206 valence electrons. The van der Waals surface area contributed by atoms with E-state index in [9.17, 15) is 27.2 Å². The first-order chi connectivity index (χ1) is 18.5. The van der Waals surface area contributed by atoms with Gasteiger partial charge in [0.25, 0.3) is 5.91 Å². The molecule has 0 spiro atoms. The molecular weight excluding hydrogens is 522 g/mol. The summed E-state index contributed by atoms with van der Waals surface area (Å²) in [4.78, 5) is 33.7. The fourth-order valence-corrected chi connectivity index (χ4v) is 3.96. The van der Waals surface area contributed by atoms with E-state index >= 15 is 0 Å². The number of alkyl halides is 3. The smallest absolute Gasteiger partial charge is 0.418 e. The molecule has 2 heterocycles. The van der Waals surface area contributed by atoms with Gasteiger partial charge in [-0.3, -0.25) is 9.59 Å². The van der Waals surface area contributed by atoms with Crippen molar-refractivity contribution in [3.05, 3.63) is 77.1 Å². The molecule has 2 aromatic carbocycles. The number of amides is 2. The summed E-state index contributed by atoms with van der Waals surface area (Å²) in [5.41, 5.74) is -2.29. The fourth-order valence-electron chi connectivity index (χ4n) is 3.96. The highest BCUT2D eigenvalue weighted by Crippen LogP contribution is 2.38. The zero-order valence-corrected chi connectivity index (χ0v) is 21.0. The molecule has 39 heavy (non-hydrogen) atoms. The minimum atomic E-state index is -4.67. The second-order valence-corrected chi connectivity index (χ2v) is 8.88. The Kier molecular flexibility index (Phi) is 8.00. The van der Waals surface area contributed by atoms with Gasteiger partial charge in [-0.05, 0) is 37.3 Å². The molecule has 9 nitrogen and oxygen atoms in total. The van der Waals surface area contributed by atoms with Crippen LogP contribution in [0.25, 0.3) is 0 Å². The van der Waals surface area contributed by atoms with E-state index in [1.165, 1.54) is 43.8 Å². The van der Waals surface area contributed by atoms with Crippen molar-refractivity contribution in [2.45, 2.75) is 31.6 Å². The van der Waals surface area contributed by atoms with Crippen LogP contribution >= 0.6 is 0 Å². The van der Waals surface area contributed by atoms with Gasteiger partial charge in [-0.25, -0.2) is 14.4 Å². The van der Waals surface area contributed by atoms with Crippen molar-refractivity contribution < 1.29 is 36.6 Å². The number of hydrogen-bond donors (Lipinski definition) is 3. The van der Waals surface area contributed by atoms with Crippen LogP contribution < -0.4 is 20.7 Å². The van der Waals surface area contributed by atoms with Crippen LogP contribution in [0.4, 0.5) is 28.9 Å². The maximum Gasteiger partial charge on any atom is 0.418 e. The number of anilines is 2. The molecular formula is C26H25F4N5O4. The van der Waals surface area contributed by atoms with Crippen LogP contribution in [0, 0.1) is 12.7 Å². The molecule has 1 fully saturated rings. The highest BCUT2D eigenvalue weighted by atomic mass is 19.4. The summed E-state index contributed by atoms with van der Waals surface area (Å²) >= 11 is 0. The average molecular weight is 548 g/mol. The molecule has 0 radical (unpaired) electrons. The molecule has 0 aliphatic carbocycles. The molecule has 1 atom stereocenters. The molecule has 1 aliphatic heterocycles. The zero-order valence-electron chi connectivity index (χ0n) is 21.0. The van der Waals surface area contributed by atoms with E-state index in [0.717, 1.165) is 12.1 Å². The summed E-state index contributed by atoms with van der Waals surface area (Å²) in [6.07, 6.45) is -1.78. The van der Waals surface area contributed by atoms with Gasteiger partial charge in [0, 0.05) is 43.2 Å². The van der Waals surface area contributed by atoms with E-state index in [4.69, 9.17) is 9.47 Å². The van der Waals surface area contributed by atoms with Crippen LogP contribution in [0.3, 0.4) is 0 Å². The number of aryl methyl sites for hydroxylation is 1. The molecule has 3 aromatic rings. The van der Waals surface area contributed by atoms with E-state index < -0.39 is 34.9 Å². The van der Waals surface area contributed by atoms with E-state index in [-0.39, 0.29) is 54.4 Å². The third-order valence-electron chi connectivity index (χ3n) is 6.16. The minimum absolute atomic E-state index is 0.0268. The number of rotatable bonds is 8. The summed E-state index contributed by atoms with van der Waals surface area (Å²) in [5.74, 6) is -1.37. The lowest BCUT2D eigenvalue weighted by Gasteiger charge is -2.27. The first kappa shape index (κ1) is 27.8. The molecule has 1 aliphatic rings. The molecule has 1 saturated heterocycles. The first-order valence-electron chi connectivity index (χ1n) is 11.8. The van der Waals surface area contributed by atoms with Crippen molar-refractivity contribution in [1.82, 2.24) is 20.6 Å². The van der Waals surface area contributed by atoms with Gasteiger partial charge in [-0.15, -0.1) is 0 Å². The number of carbonyl (C=O) groups is 2. The van der Waals surface area contributed by atoms with Gasteiger partial charge in [0.1, 0.15) is 22.9 Å². The van der Waals surface area contributed by atoms with Crippen LogP contribution in [0.1, 0.15) is 33.7 Å². The van der Waals surface area contributed by atoms with Crippen LogP contribution in [0.2, 0.25) is 0 Å². The summed E-state index contributed by atoms with van der Waals surface area (Å²) in [5, 5.41) is 7.87. The summed E-state index contributed by atoms with van der Waals surface area (Å²) in [6.45, 7) is 1.60. The standard InChI is InChI=1S/C26H25F4N5O4/c1-15-31-12-17(13-32-15)23(36)35-25(7-8-39-14-25)24(37)33-11-16-3-4-18(9-21(16)27)34-22-6-5-19(38-2)10-20(22)26(28,29)30/h3-6,9-10,12-13,34H,7-8,11,14H2,1-2H3,(H,33,37)(H,35,36). The van der Waals surface area contributed by atoms with Gasteiger partial charge in [0.05, 0.1) is 30.5 Å². The molecule has 1 aromatic heterocycles. The lowest BCUT2D eigenvalue weighted by atomic mass is 9.96. The van der Waals surface area contributed by atoms with Gasteiger partial charge in [0.15, 0.2) is 0 Å². The van der Waals surface area contributed by atoms with Gasteiger partial charge in [-0.1, -0.05) is 6.07 Å². The van der Waals surface area contributed by atoms with Crippen LogP contribution in [0.15, 0.2) is 48.8 Å². The van der Waals surface area contributed by atoms with Crippen molar-refractivity contribution in [2.75, 3.05) is 25.6 Å². The number of ether oxygens (including phenoxy) is 2. The van der Waals surface area contributed by atoms with E-state index in [1.54, 1.807) is 6.92 Å². The van der Waals surface area contributed by atoms with Crippen molar-refractivity contribution in [3.63, 3.8) is 0 Å². The Labute approximate surface area is 220 Å². The maximum absolute atomic E-state index is 14.9. The second-order valence-electron chi connectivity index (χ2n) is 8.88. The Morgan fingerprint density at radius 3 is 2.49 bits per heavy atom. The van der Waals surface area contributed by atoms with Crippen molar-refractivity contribution >= 4 is 23.2 Å². The van der Waals surface area contributed by atoms with Crippen LogP contribution in [-0.4, -0.2) is 47.6 Å². The third kappa shape index (κ3) is 6.42. The van der Waals surface area contributed by atoms with Gasteiger partial charge >= 0.3 is 6.18 Å². The number of halogens is 4. The Morgan fingerprint density at radius 1 is 1.13 bits per heavy atom. The van der Waals surface area contributed by atoms with Gasteiger partial charge < -0.3 is 25.4 Å². The number of nitrogens with zero attached hydrogens (tertiary/aromatic N) is 2. The van der Waals surface area contributed by atoms with Crippen LogP contribution in [-0.2, 0) is 22.3 Å². The number of carbonyl (C=O) groups excluding carboxylic acids is 2. The Bertz CT molecular complexity index is 1360. The summed E-state index contributed by atoms with van der Waals surface area (Å²) < 4.78 is 65.5. The first-order valence-corrected chi connectivity index (χ1v) is 11.8. The lowest BCUT2D eigenvalue weighted by molar-refractivity contribution is -0.137. The van der Waals surface area contributed by atoms with Crippen LogP contribution in [0.5, 0.6) is 5.75 Å². The molecule has 4 rings (SSSR count). The van der Waals surface area contributed by atoms with Gasteiger partial charge in [0.2, 0.25) is 5.91 Å². The number of nitrogens with one attached hydrogen (secondary N) is 3. The maximum atomic E-state index is 14.9. The second kappa shape index (κ2) is 11.2. The van der Waals surface area contributed by atoms with E-state index in [1.807, 2.05) is 0 Å². The van der Waals surface area contributed by atoms with Crippen molar-refractivity contribution in [1.29, 1.82) is 0 Å². The SMILES string of the molecule is COc1ccc(Nc2ccc(CNC(=O)C3(NC(=O)c4cnc(C)nc4)CCOC3)c(F)c2)c(C(F)(F)F)c1. The average Bonchev–Trinajstić information content (AvgIpc) is 3.37. The summed E-state index contributed by atoms with van der Waals surface area (Å²) in [6, 6.07) is 7.14. The molecule has 0 saturated carbocycles. The highest BCUT2D eigenvalue weighted by molar-refractivity contribution is 5.99. The Hall–Kier alpha value is -4.26. The quantitative estimate of drug-likeness (QED) is 0.367. The topological polar surface area (TPSA) is 114 Å². The molecule has 1 unspecified atom stereocenters. The molecule has 2 amide bonds. The number of hydrogen-bond acceptors (Lipinski definition) is 7. The van der Waals surface area contributed by atoms with E-state index in [0.29, 0.717) is 5.82 Å². The Balaban J connectivity index is 1.44. The zero-order chi connectivity index (χ0) is 28.2. The lowest BCUT2D eigenvalue weighted by Crippen LogP contribution is -2.59. The fraction of sp³-hybridized carbons (Fsp3) is 0.308. The molecule has 3 N–H and O–H groups in total. The van der Waals surface area contributed by atoms with Gasteiger partial charge in [-0.2, -0.15) is 13.2 Å². The monoisotopic (exact) mass is 547 g/mol. The number of benzene rings is 2. The predicted molar refractivity (Wildman–Crippen MR) is 132 cm³/mol. The van der Waals surface area contributed by atoms with E-state index in [2.05, 4.69) is 25.9 Å². The summed E-state index contributed by atoms with van der Waals surface area (Å²) in [7, 11) is 1.25. The normalized spacial score (nSPS) is 17.0. The molecule has 13 heteroatoms. The molecule has 0 bridgehead atoms. The van der Waals surface area contributed by atoms with Crippen molar-refractivity contribution in [2.24, 2.45) is 0 Å². The van der Waals surface area contributed by atoms with Crippen molar-refractivity contribution in [3.8, 4) is 5.75 Å². The third-order valence-corrected chi connectivity index (χ3v) is 6.16. The predicted octanol–water partition coefficient (Wildman–Crippen LogP) is 3.90.